The molecule has 1 unspecified atom stereocenters. The average molecular weight is 817 g/mol. The number of allylic oxidation sites excluding steroid dienone is 3. The summed E-state index contributed by atoms with van der Waals surface area (Å²) in [5.74, 6) is 0.266. The minimum Gasteiger partial charge on any atom is -0.497 e. The number of nitrogens with zero attached hydrogens (tertiary/aromatic N) is 5. The van der Waals surface area contributed by atoms with Gasteiger partial charge in [-0.25, -0.2) is 0 Å². The summed E-state index contributed by atoms with van der Waals surface area (Å²) in [7, 11) is -0.733. The van der Waals surface area contributed by atoms with Gasteiger partial charge >= 0.3 is 0 Å². The number of aromatic nitrogens is 3. The number of aliphatic hydroxyl groups is 1. The summed E-state index contributed by atoms with van der Waals surface area (Å²) < 4.78 is 14.8. The minimum atomic E-state index is -2.41. The van der Waals surface area contributed by atoms with E-state index in [-0.39, 0.29) is 48.4 Å². The molecule has 0 radical (unpaired) electrons. The van der Waals surface area contributed by atoms with Gasteiger partial charge in [-0.3, -0.25) is 14.3 Å². The lowest BCUT2D eigenvalue weighted by Gasteiger charge is -2.37. The largest absolute Gasteiger partial charge is 0.497 e. The van der Waals surface area contributed by atoms with E-state index in [4.69, 9.17) is 9.47 Å². The number of carbonyl (C=O) groups is 2. The van der Waals surface area contributed by atoms with Crippen molar-refractivity contribution in [2.75, 3.05) is 49.7 Å². The molecular weight excluding hydrogens is 757 g/mol. The van der Waals surface area contributed by atoms with E-state index in [1.807, 2.05) is 75.3 Å². The van der Waals surface area contributed by atoms with Gasteiger partial charge in [-0.1, -0.05) is 96.2 Å². The van der Waals surface area contributed by atoms with E-state index in [1.54, 1.807) is 7.11 Å². The Hall–Kier alpha value is -4.88. The van der Waals surface area contributed by atoms with E-state index in [9.17, 15) is 9.90 Å². The quantitative estimate of drug-likeness (QED) is 0.101. The minimum absolute atomic E-state index is 0.00782. The van der Waals surface area contributed by atoms with Gasteiger partial charge in [0.05, 0.1) is 51.7 Å². The molecule has 312 valence electrons. The van der Waals surface area contributed by atoms with E-state index < -0.39 is 13.7 Å². The molecule has 2 saturated heterocycles. The molecule has 11 nitrogen and oxygen atoms in total. The predicted molar refractivity (Wildman–Crippen MR) is 236 cm³/mol. The third kappa shape index (κ3) is 8.33. The SMILES string of the molecule is COc1ccc([Si](C)(C)[C@@H]2[C@@H](CCn3cc(C(CO)c4ccccc4)nn3)O[C@]3(C(=O)N(C/C=C(\C)CCC=C(C)C)c4ccc(N5CCNCC5=O)cc43)[C@H]2C)cc1. The number of hydrogen-bond donors (Lipinski definition) is 2. The van der Waals surface area contributed by atoms with Crippen molar-refractivity contribution in [3.05, 3.63) is 119 Å². The summed E-state index contributed by atoms with van der Waals surface area (Å²) in [6.45, 7) is 15.7. The Balaban J connectivity index is 1.28. The zero-order valence-corrected chi connectivity index (χ0v) is 36.6. The molecule has 0 saturated carbocycles. The van der Waals surface area contributed by atoms with E-state index in [1.165, 1.54) is 16.3 Å². The van der Waals surface area contributed by atoms with E-state index in [2.05, 4.69) is 86.8 Å². The number of anilines is 2. The molecule has 12 heteroatoms. The molecule has 3 aliphatic heterocycles. The highest BCUT2D eigenvalue weighted by Crippen LogP contribution is 2.60. The van der Waals surface area contributed by atoms with Crippen molar-refractivity contribution in [3.63, 3.8) is 0 Å². The molecule has 1 aromatic heterocycles. The second-order valence-corrected chi connectivity index (χ2v) is 21.9. The first-order chi connectivity index (χ1) is 28.4. The highest BCUT2D eigenvalue weighted by Gasteiger charge is 2.66. The summed E-state index contributed by atoms with van der Waals surface area (Å²) in [5, 5.41) is 23.8. The van der Waals surface area contributed by atoms with E-state index in [0.717, 1.165) is 41.1 Å². The third-order valence-corrected chi connectivity index (χ3v) is 17.2. The van der Waals surface area contributed by atoms with Crippen LogP contribution in [0, 0.1) is 5.92 Å². The van der Waals surface area contributed by atoms with Crippen molar-refractivity contribution >= 4 is 36.4 Å². The lowest BCUT2D eigenvalue weighted by molar-refractivity contribution is -0.145. The molecule has 0 aliphatic carbocycles. The van der Waals surface area contributed by atoms with Gasteiger partial charge in [-0.2, -0.15) is 0 Å². The van der Waals surface area contributed by atoms with Crippen molar-refractivity contribution in [2.45, 2.75) is 89.8 Å². The van der Waals surface area contributed by atoms with Crippen LogP contribution in [0.5, 0.6) is 5.75 Å². The zero-order chi connectivity index (χ0) is 41.9. The lowest BCUT2D eigenvalue weighted by atomic mass is 9.82. The number of amides is 2. The molecule has 4 aromatic rings. The Bertz CT molecular complexity index is 2180. The number of aryl methyl sites for hydroxylation is 1. The predicted octanol–water partition coefficient (Wildman–Crippen LogP) is 6.69. The standard InChI is InChI=1S/C47H60N6O5Si/c1-32(2)12-11-13-33(3)22-26-53-42-21-16-36(52-27-24-48-29-44(52)55)28-40(42)47(46(53)56)34(4)45(59(6,7)38-19-17-37(57-5)18-20-38)43(58-47)23-25-51-30-41(49-50-51)39(31-54)35-14-9-8-10-15-35/h8-10,12,14-22,28,30,34,39,43,45,48,54H,11,13,23-27,29,31H2,1-7H3/b33-22+/t34-,39?,43+,45-,47+/m0/s1. The molecule has 3 aliphatic rings. The molecule has 4 heterocycles. The number of rotatable bonds is 15. The molecule has 2 amide bonds. The van der Waals surface area contributed by atoms with E-state index in [0.29, 0.717) is 38.3 Å². The number of carbonyl (C=O) groups excluding carboxylic acids is 2. The molecule has 7 rings (SSSR count). The Kier molecular flexibility index (Phi) is 12.7. The summed E-state index contributed by atoms with van der Waals surface area (Å²) >= 11 is 0. The highest BCUT2D eigenvalue weighted by molar-refractivity contribution is 6.91. The molecule has 1 spiro atoms. The maximum Gasteiger partial charge on any atom is 0.264 e. The van der Waals surface area contributed by atoms with Crippen molar-refractivity contribution in [3.8, 4) is 5.75 Å². The third-order valence-electron chi connectivity index (χ3n) is 12.9. The van der Waals surface area contributed by atoms with Crippen LogP contribution in [0.15, 0.2) is 102 Å². The van der Waals surface area contributed by atoms with Crippen LogP contribution in [0.3, 0.4) is 0 Å². The lowest BCUT2D eigenvalue weighted by Crippen LogP contribution is -2.52. The van der Waals surface area contributed by atoms with Crippen LogP contribution in [0.4, 0.5) is 11.4 Å². The summed E-state index contributed by atoms with van der Waals surface area (Å²) in [5.41, 5.74) is 5.42. The summed E-state index contributed by atoms with van der Waals surface area (Å²) in [6, 6.07) is 24.3. The van der Waals surface area contributed by atoms with Crippen LogP contribution in [-0.2, 0) is 26.5 Å². The first kappa shape index (κ1) is 42.2. The number of nitrogens with one attached hydrogen (secondary N) is 1. The van der Waals surface area contributed by atoms with Gasteiger partial charge in [0.25, 0.3) is 5.91 Å². The van der Waals surface area contributed by atoms with Gasteiger partial charge in [0.1, 0.15) is 5.75 Å². The van der Waals surface area contributed by atoms with Gasteiger partial charge in [-0.15, -0.1) is 5.10 Å². The van der Waals surface area contributed by atoms with Gasteiger partial charge in [0.2, 0.25) is 5.91 Å². The van der Waals surface area contributed by atoms with Crippen LogP contribution >= 0.6 is 0 Å². The second kappa shape index (κ2) is 17.8. The second-order valence-electron chi connectivity index (χ2n) is 17.2. The molecule has 2 fully saturated rings. The maximum absolute atomic E-state index is 15.4. The van der Waals surface area contributed by atoms with Crippen LogP contribution in [-0.4, -0.2) is 86.0 Å². The molecular formula is C47H60N6O5Si. The van der Waals surface area contributed by atoms with Crippen LogP contribution in [0.25, 0.3) is 0 Å². The van der Waals surface area contributed by atoms with Gasteiger partial charge in [0.15, 0.2) is 5.60 Å². The number of fused-ring (bicyclic) bond motifs is 2. The molecule has 59 heavy (non-hydrogen) atoms. The fourth-order valence-corrected chi connectivity index (χ4v) is 13.7. The normalized spacial score (nSPS) is 22.6. The molecule has 3 aromatic carbocycles. The number of aliphatic hydroxyl groups excluding tert-OH is 1. The average Bonchev–Trinajstić information content (AvgIpc) is 3.89. The Morgan fingerprint density at radius 2 is 1.83 bits per heavy atom. The number of ether oxygens (including phenoxy) is 2. The molecule has 0 bridgehead atoms. The Morgan fingerprint density at radius 3 is 2.53 bits per heavy atom. The van der Waals surface area contributed by atoms with Crippen molar-refractivity contribution in [2.24, 2.45) is 5.92 Å². The number of hydrogen-bond acceptors (Lipinski definition) is 8. The molecule has 2 N–H and O–H groups in total. The van der Waals surface area contributed by atoms with Gasteiger partial charge in [-0.05, 0) is 81.5 Å². The van der Waals surface area contributed by atoms with E-state index >= 15 is 4.79 Å². The number of methoxy groups -OCH3 is 1. The summed E-state index contributed by atoms with van der Waals surface area (Å²) in [6.07, 6.45) is 8.52. The van der Waals surface area contributed by atoms with Crippen molar-refractivity contribution in [1.82, 2.24) is 20.3 Å². The Morgan fingerprint density at radius 1 is 1.07 bits per heavy atom. The molecule has 5 atom stereocenters. The maximum atomic E-state index is 15.4. The van der Waals surface area contributed by atoms with Crippen molar-refractivity contribution < 1.29 is 24.2 Å². The fraction of sp³-hybridized carbons (Fsp3) is 0.447. The first-order valence-corrected chi connectivity index (χ1v) is 24.1. The summed E-state index contributed by atoms with van der Waals surface area (Å²) in [4.78, 5) is 32.4. The first-order valence-electron chi connectivity index (χ1n) is 21.0. The monoisotopic (exact) mass is 816 g/mol. The van der Waals surface area contributed by atoms with Gasteiger partial charge < -0.3 is 29.7 Å². The topological polar surface area (TPSA) is 122 Å². The van der Waals surface area contributed by atoms with Crippen LogP contribution in [0.1, 0.15) is 69.7 Å². The fourth-order valence-electron chi connectivity index (χ4n) is 9.63. The highest BCUT2D eigenvalue weighted by atomic mass is 28.3. The van der Waals surface area contributed by atoms with Crippen LogP contribution in [0.2, 0.25) is 18.6 Å². The number of benzene rings is 3. The van der Waals surface area contributed by atoms with Crippen molar-refractivity contribution in [1.29, 1.82) is 0 Å². The smallest absolute Gasteiger partial charge is 0.264 e. The number of piperazine rings is 1. The zero-order valence-electron chi connectivity index (χ0n) is 35.6. The van der Waals surface area contributed by atoms with Crippen LogP contribution < -0.4 is 25.0 Å². The van der Waals surface area contributed by atoms with Gasteiger partial charge in [0, 0.05) is 49.5 Å². The Labute approximate surface area is 350 Å².